The van der Waals surface area contributed by atoms with Gasteiger partial charge in [-0.2, -0.15) is 0 Å². The molecule has 0 spiro atoms. The Morgan fingerprint density at radius 3 is 2.91 bits per heavy atom. The topological polar surface area (TPSA) is 33.2 Å². The van der Waals surface area contributed by atoms with Crippen molar-refractivity contribution in [1.29, 1.82) is 0 Å². The maximum Gasteiger partial charge on any atom is 0.255 e. The van der Waals surface area contributed by atoms with Gasteiger partial charge in [-0.3, -0.25) is 9.78 Å². The van der Waals surface area contributed by atoms with Crippen molar-refractivity contribution in [2.75, 3.05) is 18.8 Å². The van der Waals surface area contributed by atoms with Crippen LogP contribution in [0.15, 0.2) is 53.7 Å². The van der Waals surface area contributed by atoms with E-state index in [1.165, 1.54) is 17.2 Å². The number of carbonyl (C=O) groups excluding carboxylic acids is 1. The summed E-state index contributed by atoms with van der Waals surface area (Å²) >= 11 is 1.82. The Morgan fingerprint density at radius 2 is 2.14 bits per heavy atom. The largest absolute Gasteiger partial charge is 0.338 e. The molecule has 0 aliphatic carbocycles. The molecule has 1 aromatic heterocycles. The van der Waals surface area contributed by atoms with Crippen LogP contribution < -0.4 is 0 Å². The van der Waals surface area contributed by atoms with Crippen LogP contribution in [0.4, 0.5) is 4.39 Å². The molecule has 1 unspecified atom stereocenters. The van der Waals surface area contributed by atoms with E-state index in [1.807, 2.05) is 30.0 Å². The van der Waals surface area contributed by atoms with Crippen LogP contribution >= 0.6 is 11.8 Å². The van der Waals surface area contributed by atoms with Crippen molar-refractivity contribution in [3.8, 4) is 0 Å². The Kier molecular flexibility index (Phi) is 4.73. The molecule has 2 heterocycles. The minimum Gasteiger partial charge on any atom is -0.338 e. The number of hydrogen-bond donors (Lipinski definition) is 0. The summed E-state index contributed by atoms with van der Waals surface area (Å²) in [6.45, 7) is 1.46. The Bertz CT molecular complexity index is 650. The van der Waals surface area contributed by atoms with Crippen molar-refractivity contribution < 1.29 is 9.18 Å². The number of benzene rings is 1. The van der Waals surface area contributed by atoms with Crippen LogP contribution in [0.2, 0.25) is 0 Å². The highest BCUT2D eigenvalue weighted by atomic mass is 32.2. The predicted molar refractivity (Wildman–Crippen MR) is 85.4 cm³/mol. The Balaban J connectivity index is 1.55. The Morgan fingerprint density at radius 1 is 1.32 bits per heavy atom. The van der Waals surface area contributed by atoms with Gasteiger partial charge in [0.05, 0.1) is 11.8 Å². The standard InChI is InChI=1S/C17H17FN2OS/c18-15-8-14(9-19-10-15)17(21)20-7-6-13(11-20)12-22-16-4-2-1-3-5-16/h1-5,8-10,13H,6-7,11-12H2. The molecule has 3 rings (SSSR count). The fourth-order valence-electron chi connectivity index (χ4n) is 2.60. The van der Waals surface area contributed by atoms with Crippen LogP contribution in [-0.4, -0.2) is 34.6 Å². The highest BCUT2D eigenvalue weighted by molar-refractivity contribution is 7.99. The predicted octanol–water partition coefficient (Wildman–Crippen LogP) is 3.48. The maximum atomic E-state index is 13.2. The second kappa shape index (κ2) is 6.92. The molecule has 3 nitrogen and oxygen atoms in total. The summed E-state index contributed by atoms with van der Waals surface area (Å²) in [6.07, 6.45) is 3.53. The zero-order valence-corrected chi connectivity index (χ0v) is 12.9. The van der Waals surface area contributed by atoms with Gasteiger partial charge in [-0.25, -0.2) is 4.39 Å². The third-order valence-electron chi connectivity index (χ3n) is 3.75. The van der Waals surface area contributed by atoms with E-state index in [9.17, 15) is 9.18 Å². The summed E-state index contributed by atoms with van der Waals surface area (Å²) in [7, 11) is 0. The average Bonchev–Trinajstić information content (AvgIpc) is 3.02. The molecule has 0 radical (unpaired) electrons. The average molecular weight is 316 g/mol. The second-order valence-electron chi connectivity index (χ2n) is 5.42. The SMILES string of the molecule is O=C(c1cncc(F)c1)N1CCC(CSc2ccccc2)C1. The van der Waals surface area contributed by atoms with E-state index in [0.29, 0.717) is 11.5 Å². The molecule has 22 heavy (non-hydrogen) atoms. The third kappa shape index (κ3) is 3.65. The molecule has 114 valence electrons. The van der Waals surface area contributed by atoms with Crippen LogP contribution in [0.25, 0.3) is 0 Å². The minimum atomic E-state index is -0.471. The van der Waals surface area contributed by atoms with Gasteiger partial charge in [0.15, 0.2) is 0 Å². The first-order valence-corrected chi connectivity index (χ1v) is 8.28. The first kappa shape index (κ1) is 15.0. The van der Waals surface area contributed by atoms with Crippen molar-refractivity contribution in [1.82, 2.24) is 9.88 Å². The van der Waals surface area contributed by atoms with Gasteiger partial charge < -0.3 is 4.90 Å². The van der Waals surface area contributed by atoms with Crippen molar-refractivity contribution >= 4 is 17.7 Å². The fraction of sp³-hybridized carbons (Fsp3) is 0.294. The molecule has 5 heteroatoms. The summed E-state index contributed by atoms with van der Waals surface area (Å²) in [6, 6.07) is 11.5. The van der Waals surface area contributed by atoms with Gasteiger partial charge in [-0.05, 0) is 30.5 Å². The van der Waals surface area contributed by atoms with Gasteiger partial charge in [-0.1, -0.05) is 18.2 Å². The van der Waals surface area contributed by atoms with Crippen LogP contribution in [0, 0.1) is 11.7 Å². The zero-order valence-electron chi connectivity index (χ0n) is 12.1. The molecule has 2 aromatic rings. The lowest BCUT2D eigenvalue weighted by molar-refractivity contribution is 0.0787. The smallest absolute Gasteiger partial charge is 0.255 e. The fourth-order valence-corrected chi connectivity index (χ4v) is 3.65. The lowest BCUT2D eigenvalue weighted by atomic mass is 10.2. The van der Waals surface area contributed by atoms with E-state index in [4.69, 9.17) is 0 Å². The van der Waals surface area contributed by atoms with Crippen LogP contribution in [-0.2, 0) is 0 Å². The first-order valence-electron chi connectivity index (χ1n) is 7.30. The summed E-state index contributed by atoms with van der Waals surface area (Å²) in [5.41, 5.74) is 0.330. The lowest BCUT2D eigenvalue weighted by Gasteiger charge is -2.16. The number of amides is 1. The molecule has 1 aliphatic rings. The molecule has 1 atom stereocenters. The molecule has 1 fully saturated rings. The molecule has 1 amide bonds. The molecular formula is C17H17FN2OS. The highest BCUT2D eigenvalue weighted by Crippen LogP contribution is 2.26. The summed E-state index contributed by atoms with van der Waals surface area (Å²) in [4.78, 5) is 19.1. The van der Waals surface area contributed by atoms with Gasteiger partial charge in [-0.15, -0.1) is 11.8 Å². The van der Waals surface area contributed by atoms with Gasteiger partial charge in [0.2, 0.25) is 0 Å². The second-order valence-corrected chi connectivity index (χ2v) is 6.52. The van der Waals surface area contributed by atoms with E-state index in [1.54, 1.807) is 4.90 Å². The summed E-state index contributed by atoms with van der Waals surface area (Å²) in [5.74, 6) is 0.881. The van der Waals surface area contributed by atoms with E-state index >= 15 is 0 Å². The van der Waals surface area contributed by atoms with Crippen molar-refractivity contribution in [2.45, 2.75) is 11.3 Å². The first-order chi connectivity index (χ1) is 10.7. The Labute approximate surface area is 133 Å². The molecule has 1 saturated heterocycles. The number of likely N-dealkylation sites (tertiary alicyclic amines) is 1. The monoisotopic (exact) mass is 316 g/mol. The third-order valence-corrected chi connectivity index (χ3v) is 5.00. The quantitative estimate of drug-likeness (QED) is 0.810. The van der Waals surface area contributed by atoms with E-state index in [0.717, 1.165) is 31.5 Å². The number of aromatic nitrogens is 1. The molecule has 0 bridgehead atoms. The lowest BCUT2D eigenvalue weighted by Crippen LogP contribution is -2.29. The summed E-state index contributed by atoms with van der Waals surface area (Å²) < 4.78 is 13.2. The number of rotatable bonds is 4. The number of pyridine rings is 1. The van der Waals surface area contributed by atoms with Gasteiger partial charge >= 0.3 is 0 Å². The number of carbonyl (C=O) groups is 1. The van der Waals surface area contributed by atoms with Gasteiger partial charge in [0, 0.05) is 29.9 Å². The van der Waals surface area contributed by atoms with E-state index in [-0.39, 0.29) is 5.91 Å². The molecule has 0 saturated carbocycles. The van der Waals surface area contributed by atoms with Crippen molar-refractivity contribution in [2.24, 2.45) is 5.92 Å². The van der Waals surface area contributed by atoms with Crippen LogP contribution in [0.1, 0.15) is 16.8 Å². The number of nitrogens with zero attached hydrogens (tertiary/aromatic N) is 2. The summed E-state index contributed by atoms with van der Waals surface area (Å²) in [5, 5.41) is 0. The number of thioether (sulfide) groups is 1. The molecule has 1 aliphatic heterocycles. The molecule has 0 N–H and O–H groups in total. The minimum absolute atomic E-state index is 0.126. The van der Waals surface area contributed by atoms with Crippen LogP contribution in [0.5, 0.6) is 0 Å². The molecule has 1 aromatic carbocycles. The maximum absolute atomic E-state index is 13.2. The zero-order chi connectivity index (χ0) is 15.4. The van der Waals surface area contributed by atoms with Crippen molar-refractivity contribution in [3.05, 3.63) is 60.2 Å². The van der Waals surface area contributed by atoms with Crippen LogP contribution in [0.3, 0.4) is 0 Å². The van der Waals surface area contributed by atoms with Gasteiger partial charge in [0.1, 0.15) is 5.82 Å². The van der Waals surface area contributed by atoms with E-state index < -0.39 is 5.82 Å². The normalized spacial score (nSPS) is 17.7. The number of hydrogen-bond acceptors (Lipinski definition) is 3. The van der Waals surface area contributed by atoms with Gasteiger partial charge in [0.25, 0.3) is 5.91 Å². The Hall–Kier alpha value is -1.88. The van der Waals surface area contributed by atoms with Crippen molar-refractivity contribution in [3.63, 3.8) is 0 Å². The van der Waals surface area contributed by atoms with E-state index in [2.05, 4.69) is 17.1 Å². The number of halogens is 1. The highest BCUT2D eigenvalue weighted by Gasteiger charge is 2.27. The molecular weight excluding hydrogens is 299 g/mol.